The minimum Gasteiger partial charge on any atom is -0.435 e. The van der Waals surface area contributed by atoms with Crippen LogP contribution in [0.3, 0.4) is 0 Å². The second-order valence-electron chi connectivity index (χ2n) is 6.95. The van der Waals surface area contributed by atoms with Gasteiger partial charge in [-0.15, -0.1) is 0 Å². The Labute approximate surface area is 162 Å². The Bertz CT molecular complexity index is 896. The van der Waals surface area contributed by atoms with Crippen molar-refractivity contribution in [3.05, 3.63) is 89.5 Å². The van der Waals surface area contributed by atoms with Gasteiger partial charge in [-0.05, 0) is 39.9 Å². The Morgan fingerprint density at radius 2 is 1.36 bits per heavy atom. The van der Waals surface area contributed by atoms with E-state index in [0.29, 0.717) is 12.1 Å². The molecule has 5 heteroatoms. The van der Waals surface area contributed by atoms with Gasteiger partial charge in [-0.25, -0.2) is 0 Å². The number of fused-ring (bicyclic) bond motifs is 3. The van der Waals surface area contributed by atoms with E-state index in [2.05, 4.69) is 33.9 Å². The van der Waals surface area contributed by atoms with E-state index in [0.717, 1.165) is 13.1 Å². The quantitative estimate of drug-likeness (QED) is 0.675. The minimum atomic E-state index is -2.85. The Kier molecular flexibility index (Phi) is 5.37. The average molecular weight is 381 g/mol. The van der Waals surface area contributed by atoms with Gasteiger partial charge in [-0.1, -0.05) is 60.7 Å². The molecule has 1 aliphatic heterocycles. The van der Waals surface area contributed by atoms with Crippen LogP contribution in [0.1, 0.15) is 22.8 Å². The highest BCUT2D eigenvalue weighted by Crippen LogP contribution is 2.33. The zero-order valence-corrected chi connectivity index (χ0v) is 15.3. The second-order valence-corrected chi connectivity index (χ2v) is 6.95. The first-order valence-electron chi connectivity index (χ1n) is 9.21. The predicted molar refractivity (Wildman–Crippen MR) is 104 cm³/mol. The monoisotopic (exact) mass is 381 g/mol. The summed E-state index contributed by atoms with van der Waals surface area (Å²) in [6.07, 6.45) is -0.724. The molecule has 0 bridgehead atoms. The van der Waals surface area contributed by atoms with Gasteiger partial charge in [0.05, 0.1) is 6.10 Å². The predicted octanol–water partition coefficient (Wildman–Crippen LogP) is 5.00. The molecule has 0 aliphatic carbocycles. The summed E-state index contributed by atoms with van der Waals surface area (Å²) in [5.41, 5.74) is 5.57. The lowest BCUT2D eigenvalue weighted by molar-refractivity contribution is -0.0498. The standard InChI is InChI=1S/C23H21F2NO2/c24-23(25)28-19-11-9-16(10-12-19)22(27)15-26-13-17-5-1-3-7-20(17)21-8-4-2-6-18(21)14-26/h1-12,22-23,27H,13-15H2. The van der Waals surface area contributed by atoms with Crippen LogP contribution in [0.5, 0.6) is 5.75 Å². The molecule has 3 aromatic rings. The van der Waals surface area contributed by atoms with Crippen LogP contribution in [0, 0.1) is 0 Å². The molecule has 3 aromatic carbocycles. The molecule has 1 atom stereocenters. The van der Waals surface area contributed by atoms with Gasteiger partial charge in [0.2, 0.25) is 0 Å². The summed E-state index contributed by atoms with van der Waals surface area (Å²) in [4.78, 5) is 2.21. The maximum atomic E-state index is 12.3. The molecule has 1 N–H and O–H groups in total. The fourth-order valence-corrected chi connectivity index (χ4v) is 3.73. The molecule has 0 saturated carbocycles. The maximum absolute atomic E-state index is 12.3. The maximum Gasteiger partial charge on any atom is 0.387 e. The van der Waals surface area contributed by atoms with Crippen molar-refractivity contribution in [1.29, 1.82) is 0 Å². The number of β-amino-alcohol motifs (C(OH)–C–C–N with tert-alkyl or cyclic N) is 1. The highest BCUT2D eigenvalue weighted by atomic mass is 19.3. The van der Waals surface area contributed by atoms with E-state index in [1.54, 1.807) is 12.1 Å². The summed E-state index contributed by atoms with van der Waals surface area (Å²) in [5.74, 6) is 0.0866. The van der Waals surface area contributed by atoms with Gasteiger partial charge < -0.3 is 9.84 Å². The largest absolute Gasteiger partial charge is 0.435 e. The first-order chi connectivity index (χ1) is 13.6. The minimum absolute atomic E-state index is 0.0866. The normalized spacial score (nSPS) is 14.9. The van der Waals surface area contributed by atoms with Crippen LogP contribution in [0.4, 0.5) is 8.78 Å². The van der Waals surface area contributed by atoms with E-state index in [1.807, 2.05) is 24.3 Å². The van der Waals surface area contributed by atoms with Gasteiger partial charge in [-0.3, -0.25) is 4.90 Å². The summed E-state index contributed by atoms with van der Waals surface area (Å²) in [7, 11) is 0. The second kappa shape index (κ2) is 8.09. The molecule has 28 heavy (non-hydrogen) atoms. The first kappa shape index (κ1) is 18.6. The molecular weight excluding hydrogens is 360 g/mol. The van der Waals surface area contributed by atoms with Crippen LogP contribution >= 0.6 is 0 Å². The number of aliphatic hydroxyl groups is 1. The highest BCUT2D eigenvalue weighted by molar-refractivity contribution is 5.71. The third kappa shape index (κ3) is 4.06. The van der Waals surface area contributed by atoms with Crippen molar-refractivity contribution in [2.24, 2.45) is 0 Å². The summed E-state index contributed by atoms with van der Waals surface area (Å²) >= 11 is 0. The molecule has 1 heterocycles. The Hall–Kier alpha value is -2.76. The van der Waals surface area contributed by atoms with Crippen LogP contribution in [0.25, 0.3) is 11.1 Å². The van der Waals surface area contributed by atoms with Crippen molar-refractivity contribution < 1.29 is 18.6 Å². The van der Waals surface area contributed by atoms with Gasteiger partial charge in [-0.2, -0.15) is 8.78 Å². The molecule has 4 rings (SSSR count). The van der Waals surface area contributed by atoms with E-state index in [9.17, 15) is 13.9 Å². The molecule has 1 aliphatic rings. The van der Waals surface area contributed by atoms with Gasteiger partial charge in [0.15, 0.2) is 0 Å². The van der Waals surface area contributed by atoms with Crippen LogP contribution in [-0.2, 0) is 13.1 Å². The SMILES string of the molecule is OC(CN1Cc2ccccc2-c2ccccc2C1)c1ccc(OC(F)F)cc1. The molecule has 0 aromatic heterocycles. The number of nitrogens with zero attached hydrogens (tertiary/aromatic N) is 1. The zero-order chi connectivity index (χ0) is 19.5. The van der Waals surface area contributed by atoms with Crippen molar-refractivity contribution in [1.82, 2.24) is 4.90 Å². The number of halogens is 2. The van der Waals surface area contributed by atoms with Gasteiger partial charge in [0, 0.05) is 19.6 Å². The van der Waals surface area contributed by atoms with Gasteiger partial charge in [0.25, 0.3) is 0 Å². The van der Waals surface area contributed by atoms with E-state index in [-0.39, 0.29) is 5.75 Å². The summed E-state index contributed by atoms with van der Waals surface area (Å²) in [5, 5.41) is 10.7. The lowest BCUT2D eigenvalue weighted by Crippen LogP contribution is -2.27. The number of hydrogen-bond donors (Lipinski definition) is 1. The van der Waals surface area contributed by atoms with E-state index < -0.39 is 12.7 Å². The topological polar surface area (TPSA) is 32.7 Å². The summed E-state index contributed by atoms with van der Waals surface area (Å²) in [6.45, 7) is -0.950. The lowest BCUT2D eigenvalue weighted by atomic mass is 9.97. The van der Waals surface area contributed by atoms with Crippen molar-refractivity contribution in [3.63, 3.8) is 0 Å². The van der Waals surface area contributed by atoms with Crippen molar-refractivity contribution in [3.8, 4) is 16.9 Å². The fourth-order valence-electron chi connectivity index (χ4n) is 3.73. The third-order valence-corrected chi connectivity index (χ3v) is 5.03. The molecule has 0 saturated heterocycles. The smallest absolute Gasteiger partial charge is 0.387 e. The number of aliphatic hydroxyl groups excluding tert-OH is 1. The van der Waals surface area contributed by atoms with Crippen LogP contribution < -0.4 is 4.74 Å². The Balaban J connectivity index is 1.54. The average Bonchev–Trinajstić information content (AvgIpc) is 2.84. The number of ether oxygens (including phenoxy) is 1. The van der Waals surface area contributed by atoms with Crippen LogP contribution in [0.15, 0.2) is 72.8 Å². The number of benzene rings is 3. The zero-order valence-electron chi connectivity index (χ0n) is 15.3. The summed E-state index contributed by atoms with van der Waals surface area (Å²) < 4.78 is 29.0. The molecular formula is C23H21F2NO2. The van der Waals surface area contributed by atoms with Crippen LogP contribution in [0.2, 0.25) is 0 Å². The highest BCUT2D eigenvalue weighted by Gasteiger charge is 2.21. The van der Waals surface area contributed by atoms with Gasteiger partial charge in [0.1, 0.15) is 5.75 Å². The van der Waals surface area contributed by atoms with Crippen molar-refractivity contribution >= 4 is 0 Å². The summed E-state index contributed by atoms with van der Waals surface area (Å²) in [6, 6.07) is 22.8. The molecule has 0 radical (unpaired) electrons. The van der Waals surface area contributed by atoms with Crippen LogP contribution in [-0.4, -0.2) is 23.2 Å². The number of hydrogen-bond acceptors (Lipinski definition) is 3. The molecule has 144 valence electrons. The Morgan fingerprint density at radius 3 is 1.89 bits per heavy atom. The fraction of sp³-hybridized carbons (Fsp3) is 0.217. The molecule has 0 fully saturated rings. The van der Waals surface area contributed by atoms with Crippen molar-refractivity contribution in [2.75, 3.05) is 6.54 Å². The number of alkyl halides is 2. The van der Waals surface area contributed by atoms with E-state index in [1.165, 1.54) is 34.4 Å². The third-order valence-electron chi connectivity index (χ3n) is 5.03. The molecule has 0 amide bonds. The van der Waals surface area contributed by atoms with Crippen molar-refractivity contribution in [2.45, 2.75) is 25.8 Å². The number of rotatable bonds is 5. The molecule has 1 unspecified atom stereocenters. The lowest BCUT2D eigenvalue weighted by Gasteiger charge is -2.24. The Morgan fingerprint density at radius 1 is 0.821 bits per heavy atom. The molecule has 0 spiro atoms. The van der Waals surface area contributed by atoms with E-state index >= 15 is 0 Å². The van der Waals surface area contributed by atoms with E-state index in [4.69, 9.17) is 0 Å². The van der Waals surface area contributed by atoms with Gasteiger partial charge >= 0.3 is 6.61 Å². The first-order valence-corrected chi connectivity index (χ1v) is 9.21. The molecule has 3 nitrogen and oxygen atoms in total.